The van der Waals surface area contributed by atoms with Gasteiger partial charge < -0.3 is 5.11 Å². The Bertz CT molecular complexity index is 558. The summed E-state index contributed by atoms with van der Waals surface area (Å²) < 4.78 is 2.87. The second-order valence-electron chi connectivity index (χ2n) is 3.28. The van der Waals surface area contributed by atoms with Crippen molar-refractivity contribution in [1.29, 1.82) is 0 Å². The van der Waals surface area contributed by atoms with Crippen LogP contribution in [0.5, 0.6) is 0 Å². The molecule has 2 rings (SSSR count). The third kappa shape index (κ3) is 1.47. The molecule has 0 aromatic carbocycles. The number of aryl methyl sites for hydroxylation is 2. The summed E-state index contributed by atoms with van der Waals surface area (Å²) in [5.41, 5.74) is 0.924. The molecule has 7 heteroatoms. The van der Waals surface area contributed by atoms with Crippen molar-refractivity contribution in [2.45, 2.75) is 0 Å². The zero-order valence-electron chi connectivity index (χ0n) is 8.68. The van der Waals surface area contributed by atoms with Gasteiger partial charge >= 0.3 is 5.97 Å². The average molecular weight is 241 g/mol. The SMILES string of the molecule is Cn1nccc1-c1nn(C)c(Cl)c1C(=O)O. The first kappa shape index (κ1) is 10.7. The zero-order valence-corrected chi connectivity index (χ0v) is 9.43. The maximum Gasteiger partial charge on any atom is 0.341 e. The van der Waals surface area contributed by atoms with Crippen molar-refractivity contribution < 1.29 is 9.90 Å². The highest BCUT2D eigenvalue weighted by molar-refractivity contribution is 6.33. The first-order valence-electron chi connectivity index (χ1n) is 4.46. The molecule has 0 aliphatic carbocycles. The molecule has 0 aliphatic rings. The second kappa shape index (κ2) is 3.64. The van der Waals surface area contributed by atoms with E-state index in [-0.39, 0.29) is 10.7 Å². The quantitative estimate of drug-likeness (QED) is 0.855. The monoisotopic (exact) mass is 240 g/mol. The number of carboxylic acid groups (broad SMARTS) is 1. The first-order valence-corrected chi connectivity index (χ1v) is 4.84. The van der Waals surface area contributed by atoms with Crippen molar-refractivity contribution in [3.8, 4) is 11.4 Å². The smallest absolute Gasteiger partial charge is 0.341 e. The van der Waals surface area contributed by atoms with Crippen LogP contribution in [0.3, 0.4) is 0 Å². The van der Waals surface area contributed by atoms with E-state index in [1.165, 1.54) is 4.68 Å². The maximum absolute atomic E-state index is 11.1. The summed E-state index contributed by atoms with van der Waals surface area (Å²) in [6.07, 6.45) is 1.57. The van der Waals surface area contributed by atoms with Gasteiger partial charge in [0.2, 0.25) is 0 Å². The van der Waals surface area contributed by atoms with E-state index in [0.29, 0.717) is 11.4 Å². The summed E-state index contributed by atoms with van der Waals surface area (Å²) in [4.78, 5) is 11.1. The molecule has 0 amide bonds. The number of nitrogens with zero attached hydrogens (tertiary/aromatic N) is 4. The van der Waals surface area contributed by atoms with Gasteiger partial charge in [-0.15, -0.1) is 0 Å². The molecular formula is C9H9ClN4O2. The molecule has 16 heavy (non-hydrogen) atoms. The predicted molar refractivity (Wildman–Crippen MR) is 57.4 cm³/mol. The fourth-order valence-corrected chi connectivity index (χ4v) is 1.69. The van der Waals surface area contributed by atoms with E-state index in [9.17, 15) is 4.79 Å². The van der Waals surface area contributed by atoms with Crippen LogP contribution < -0.4 is 0 Å². The number of rotatable bonds is 2. The maximum atomic E-state index is 11.1. The van der Waals surface area contributed by atoms with E-state index < -0.39 is 5.97 Å². The second-order valence-corrected chi connectivity index (χ2v) is 3.64. The predicted octanol–water partition coefficient (Wildman–Crippen LogP) is 1.17. The Kier molecular flexibility index (Phi) is 2.43. The minimum Gasteiger partial charge on any atom is -0.477 e. The normalized spacial score (nSPS) is 10.7. The molecule has 0 saturated heterocycles. The third-order valence-corrected chi connectivity index (χ3v) is 2.69. The summed E-state index contributed by atoms with van der Waals surface area (Å²) >= 11 is 5.87. The van der Waals surface area contributed by atoms with Crippen LogP contribution in [-0.4, -0.2) is 30.6 Å². The van der Waals surface area contributed by atoms with Crippen LogP contribution in [0.25, 0.3) is 11.4 Å². The van der Waals surface area contributed by atoms with E-state index in [1.807, 2.05) is 0 Å². The Hall–Kier alpha value is -1.82. The fraction of sp³-hybridized carbons (Fsp3) is 0.222. The van der Waals surface area contributed by atoms with E-state index in [2.05, 4.69) is 10.2 Å². The van der Waals surface area contributed by atoms with Gasteiger partial charge in [0.25, 0.3) is 0 Å². The number of carbonyl (C=O) groups is 1. The summed E-state index contributed by atoms with van der Waals surface area (Å²) in [5.74, 6) is -1.10. The van der Waals surface area contributed by atoms with Crippen LogP contribution in [0.15, 0.2) is 12.3 Å². The molecule has 6 nitrogen and oxygen atoms in total. The van der Waals surface area contributed by atoms with Crippen LogP contribution >= 0.6 is 11.6 Å². The van der Waals surface area contributed by atoms with Crippen molar-refractivity contribution in [3.05, 3.63) is 23.0 Å². The Morgan fingerprint density at radius 1 is 1.44 bits per heavy atom. The van der Waals surface area contributed by atoms with Gasteiger partial charge in [-0.1, -0.05) is 11.6 Å². The lowest BCUT2D eigenvalue weighted by Crippen LogP contribution is -2.01. The van der Waals surface area contributed by atoms with Gasteiger partial charge in [-0.05, 0) is 6.07 Å². The molecular weight excluding hydrogens is 232 g/mol. The minimum atomic E-state index is -1.10. The van der Waals surface area contributed by atoms with E-state index >= 15 is 0 Å². The molecule has 0 bridgehead atoms. The summed E-state index contributed by atoms with van der Waals surface area (Å²) in [7, 11) is 3.30. The topological polar surface area (TPSA) is 72.9 Å². The zero-order chi connectivity index (χ0) is 11.9. The number of aromatic carboxylic acids is 1. The summed E-state index contributed by atoms with van der Waals surface area (Å²) in [6, 6.07) is 1.69. The van der Waals surface area contributed by atoms with Crippen LogP contribution in [0, 0.1) is 0 Å². The molecule has 0 aliphatic heterocycles. The van der Waals surface area contributed by atoms with Crippen molar-refractivity contribution in [1.82, 2.24) is 19.6 Å². The first-order chi connectivity index (χ1) is 7.52. The van der Waals surface area contributed by atoms with Crippen LogP contribution in [0.4, 0.5) is 0 Å². The lowest BCUT2D eigenvalue weighted by Gasteiger charge is -1.98. The molecule has 0 radical (unpaired) electrons. The van der Waals surface area contributed by atoms with E-state index in [0.717, 1.165) is 0 Å². The highest BCUT2D eigenvalue weighted by atomic mass is 35.5. The van der Waals surface area contributed by atoms with Crippen molar-refractivity contribution in [3.63, 3.8) is 0 Å². The molecule has 0 unspecified atom stereocenters. The van der Waals surface area contributed by atoms with Crippen molar-refractivity contribution in [2.24, 2.45) is 14.1 Å². The highest BCUT2D eigenvalue weighted by Gasteiger charge is 2.23. The molecule has 2 aromatic rings. The summed E-state index contributed by atoms with van der Waals surface area (Å²) in [5, 5.41) is 17.2. The Morgan fingerprint density at radius 3 is 2.62 bits per heavy atom. The lowest BCUT2D eigenvalue weighted by atomic mass is 10.2. The number of hydrogen-bond donors (Lipinski definition) is 1. The van der Waals surface area contributed by atoms with Crippen LogP contribution in [-0.2, 0) is 14.1 Å². The molecule has 1 N–H and O–H groups in total. The van der Waals surface area contributed by atoms with Gasteiger partial charge in [-0.25, -0.2) is 4.79 Å². The van der Waals surface area contributed by atoms with Gasteiger partial charge in [0.15, 0.2) is 0 Å². The standard InChI is InChI=1S/C9H9ClN4O2/c1-13-5(3-4-11-13)7-6(9(15)16)8(10)14(2)12-7/h3-4H,1-2H3,(H,15,16). The van der Waals surface area contributed by atoms with E-state index in [1.54, 1.807) is 31.0 Å². The van der Waals surface area contributed by atoms with Crippen molar-refractivity contribution >= 4 is 17.6 Å². The van der Waals surface area contributed by atoms with E-state index in [4.69, 9.17) is 16.7 Å². The number of aromatic nitrogens is 4. The molecule has 0 saturated carbocycles. The average Bonchev–Trinajstić information content (AvgIpc) is 2.72. The Balaban J connectivity index is 2.71. The third-order valence-electron chi connectivity index (χ3n) is 2.25. The molecule has 0 atom stereocenters. The highest BCUT2D eigenvalue weighted by Crippen LogP contribution is 2.27. The largest absolute Gasteiger partial charge is 0.477 e. The summed E-state index contributed by atoms with van der Waals surface area (Å²) in [6.45, 7) is 0. The Labute approximate surface area is 96.1 Å². The number of halogens is 1. The minimum absolute atomic E-state index is 0.00670. The van der Waals surface area contributed by atoms with Gasteiger partial charge in [-0.3, -0.25) is 9.36 Å². The lowest BCUT2D eigenvalue weighted by molar-refractivity contribution is 0.0698. The molecule has 2 aromatic heterocycles. The Morgan fingerprint density at radius 2 is 2.12 bits per heavy atom. The van der Waals surface area contributed by atoms with Crippen LogP contribution in [0.1, 0.15) is 10.4 Å². The van der Waals surface area contributed by atoms with Gasteiger partial charge in [0, 0.05) is 20.3 Å². The molecule has 84 valence electrons. The molecule has 0 fully saturated rings. The molecule has 0 spiro atoms. The van der Waals surface area contributed by atoms with Gasteiger partial charge in [0.1, 0.15) is 16.4 Å². The number of carboxylic acids is 1. The van der Waals surface area contributed by atoms with Gasteiger partial charge in [-0.2, -0.15) is 10.2 Å². The van der Waals surface area contributed by atoms with Crippen molar-refractivity contribution in [2.75, 3.05) is 0 Å². The molecule has 2 heterocycles. The number of hydrogen-bond acceptors (Lipinski definition) is 3. The van der Waals surface area contributed by atoms with Gasteiger partial charge in [0.05, 0.1) is 5.69 Å². The fourth-order valence-electron chi connectivity index (χ4n) is 1.48. The van der Waals surface area contributed by atoms with Crippen LogP contribution in [0.2, 0.25) is 5.15 Å².